The fourth-order valence-corrected chi connectivity index (χ4v) is 6.02. The smallest absolute Gasteiger partial charge is 0.165 e. The van der Waals surface area contributed by atoms with Gasteiger partial charge in [-0.1, -0.05) is 116 Å². The summed E-state index contributed by atoms with van der Waals surface area (Å²) in [5.74, 6) is 0. The predicted octanol–water partition coefficient (Wildman–Crippen LogP) is 10.9. The number of hydrogen-bond acceptors (Lipinski definition) is 0. The summed E-state index contributed by atoms with van der Waals surface area (Å²) in [4.78, 5) is 0. The van der Waals surface area contributed by atoms with Crippen molar-refractivity contribution in [3.8, 4) is 11.1 Å². The van der Waals surface area contributed by atoms with Crippen LogP contribution in [0.3, 0.4) is 0 Å². The van der Waals surface area contributed by atoms with Gasteiger partial charge < -0.3 is 0 Å². The second kappa shape index (κ2) is 16.5. The number of rotatable bonds is 5. The summed E-state index contributed by atoms with van der Waals surface area (Å²) >= 11 is 0. The van der Waals surface area contributed by atoms with E-state index in [1.54, 1.807) is 0 Å². The fourth-order valence-electron chi connectivity index (χ4n) is 5.22. The Morgan fingerprint density at radius 2 is 1.07 bits per heavy atom. The van der Waals surface area contributed by atoms with E-state index < -0.39 is 0 Å². The van der Waals surface area contributed by atoms with Crippen molar-refractivity contribution in [1.82, 2.24) is 0 Å². The molecule has 0 N–H and O–H groups in total. The molecular weight excluding hydrogens is 615 g/mol. The number of hydrogen-bond donors (Lipinski definition) is 0. The van der Waals surface area contributed by atoms with Crippen molar-refractivity contribution in [2.24, 2.45) is 0 Å². The summed E-state index contributed by atoms with van der Waals surface area (Å²) in [6.07, 6.45) is 2.26. The van der Waals surface area contributed by atoms with Gasteiger partial charge in [0.15, 0.2) is 0 Å². The van der Waals surface area contributed by atoms with Crippen molar-refractivity contribution >= 4 is 34.8 Å². The molecule has 0 nitrogen and oxygen atoms in total. The van der Waals surface area contributed by atoms with Crippen molar-refractivity contribution in [3.05, 3.63) is 174 Å². The zero-order valence-electron chi connectivity index (χ0n) is 25.4. The number of benzene rings is 5. The molecule has 0 saturated heterocycles. The third-order valence-corrected chi connectivity index (χ3v) is 8.78. The van der Waals surface area contributed by atoms with Crippen molar-refractivity contribution in [2.45, 2.75) is 19.8 Å². The molecule has 0 saturated carbocycles. The van der Waals surface area contributed by atoms with Crippen LogP contribution in [0.1, 0.15) is 16.7 Å². The van der Waals surface area contributed by atoms with E-state index in [-0.39, 0.29) is 34.1 Å². The summed E-state index contributed by atoms with van der Waals surface area (Å²) in [6, 6.07) is 56.0. The molecule has 212 valence electrons. The van der Waals surface area contributed by atoms with Gasteiger partial charge >= 0.3 is 26.2 Å². The molecule has 7 rings (SSSR count). The summed E-state index contributed by atoms with van der Waals surface area (Å²) in [5, 5.41) is 6.95. The molecule has 0 amide bonds. The van der Waals surface area contributed by atoms with Gasteiger partial charge in [0.25, 0.3) is 0 Å². The van der Waals surface area contributed by atoms with Crippen molar-refractivity contribution < 1.29 is 26.2 Å². The molecule has 0 aliphatic carbocycles. The van der Waals surface area contributed by atoms with Gasteiger partial charge in [0.05, 0.1) is 0 Å². The summed E-state index contributed by atoms with van der Waals surface area (Å²) in [7, 11) is 0.0576. The third kappa shape index (κ3) is 9.31. The first-order valence-corrected chi connectivity index (χ1v) is 16.9. The first-order valence-electron chi connectivity index (χ1n) is 14.7. The minimum Gasteiger partial charge on any atom is -0.165 e. The molecule has 0 aromatic heterocycles. The zero-order chi connectivity index (χ0) is 29.1. The topological polar surface area (TPSA) is 0 Å². The Morgan fingerprint density at radius 3 is 1.65 bits per heavy atom. The average molecular weight is 654 g/mol. The number of fused-ring (bicyclic) bond motifs is 2. The maximum Gasteiger partial charge on any atom is 2.00 e. The second-order valence-electron chi connectivity index (χ2n) is 10.9. The molecule has 0 radical (unpaired) electrons. The van der Waals surface area contributed by atoms with Crippen LogP contribution in [0.5, 0.6) is 0 Å². The summed E-state index contributed by atoms with van der Waals surface area (Å²) < 4.78 is 0. The predicted molar refractivity (Wildman–Crippen MR) is 188 cm³/mol. The molecule has 0 heterocycles. The number of aryl methyl sites for hydroxylation is 3. The Balaban J connectivity index is 0.000000148. The molecule has 0 bridgehead atoms. The summed E-state index contributed by atoms with van der Waals surface area (Å²) in [6.45, 7) is 6.74. The standard InChI is InChI=1S/C16H13.C14H14.C11H12P.Zr/c1-12-10-14-8-5-9-15(16(14)11-12)13-6-3-2-4-7-13;1-3-7-13(8-4-1)11-12-14-9-5-2-6-10-14;1-12(2)11-7-9-5-3-4-6-10(9)8-11;/h2-11H,1H3;1-10H,11-12H2;3-8H,1-2H3;/q-1;;-1;+2. The quantitative estimate of drug-likeness (QED) is 0.128. The Morgan fingerprint density at radius 1 is 0.535 bits per heavy atom. The monoisotopic (exact) mass is 652 g/mol. The maximum atomic E-state index is 2.31. The Hall–Kier alpha value is -3.37. The minimum absolute atomic E-state index is 0. The fraction of sp³-hybridized carbons (Fsp3) is 0.122. The molecule has 0 spiro atoms. The van der Waals surface area contributed by atoms with Crippen LogP contribution in [0.2, 0.25) is 0 Å². The van der Waals surface area contributed by atoms with Gasteiger partial charge in [0, 0.05) is 0 Å². The molecule has 2 heteroatoms. The average Bonchev–Trinajstić information content (AvgIpc) is 3.65. The molecule has 7 aromatic carbocycles. The summed E-state index contributed by atoms with van der Waals surface area (Å²) in [5.41, 5.74) is 6.77. The Labute approximate surface area is 278 Å². The SMILES string of the molecule is CP(C)c1cc2ccccc2[cH-]1.Cc1cc2c(-c3ccccc3)cccc2[cH-]1.[Zr+2].c1ccc(CCc2ccccc2)cc1. The minimum atomic E-state index is 0. The first-order chi connectivity index (χ1) is 20.6. The van der Waals surface area contributed by atoms with Crippen LogP contribution in [0, 0.1) is 6.92 Å². The molecule has 0 unspecified atom stereocenters. The second-order valence-corrected chi connectivity index (χ2v) is 13.2. The van der Waals surface area contributed by atoms with E-state index in [1.165, 1.54) is 54.7 Å². The van der Waals surface area contributed by atoms with E-state index in [0.29, 0.717) is 0 Å². The van der Waals surface area contributed by atoms with Gasteiger partial charge in [0.1, 0.15) is 0 Å². The van der Waals surface area contributed by atoms with E-state index in [4.69, 9.17) is 0 Å². The Kier molecular flexibility index (Phi) is 12.5. The van der Waals surface area contributed by atoms with E-state index >= 15 is 0 Å². The van der Waals surface area contributed by atoms with Gasteiger partial charge in [-0.15, -0.1) is 82.8 Å². The van der Waals surface area contributed by atoms with Gasteiger partial charge in [-0.2, -0.15) is 12.1 Å². The van der Waals surface area contributed by atoms with Crippen LogP contribution >= 0.6 is 7.92 Å². The van der Waals surface area contributed by atoms with E-state index in [1.807, 2.05) is 0 Å². The molecule has 43 heavy (non-hydrogen) atoms. The van der Waals surface area contributed by atoms with Gasteiger partial charge in [-0.3, -0.25) is 0 Å². The van der Waals surface area contributed by atoms with Crippen LogP contribution in [0.25, 0.3) is 32.7 Å². The van der Waals surface area contributed by atoms with Gasteiger partial charge in [0.2, 0.25) is 0 Å². The molecule has 7 aromatic rings. The van der Waals surface area contributed by atoms with Crippen LogP contribution in [-0.4, -0.2) is 13.3 Å². The zero-order valence-corrected chi connectivity index (χ0v) is 28.7. The van der Waals surface area contributed by atoms with Gasteiger partial charge in [-0.05, 0) is 42.9 Å². The molecule has 0 atom stereocenters. The maximum absolute atomic E-state index is 2.31. The van der Waals surface area contributed by atoms with Crippen LogP contribution in [0.4, 0.5) is 0 Å². The first kappa shape index (κ1) is 32.5. The molecular formula is C41H39PZr. The van der Waals surface area contributed by atoms with Crippen LogP contribution in [0.15, 0.2) is 158 Å². The van der Waals surface area contributed by atoms with E-state index in [9.17, 15) is 0 Å². The molecule has 0 fully saturated rings. The van der Waals surface area contributed by atoms with Crippen molar-refractivity contribution in [1.29, 1.82) is 0 Å². The van der Waals surface area contributed by atoms with Crippen molar-refractivity contribution in [2.75, 3.05) is 13.3 Å². The molecule has 0 aliphatic heterocycles. The van der Waals surface area contributed by atoms with E-state index in [0.717, 1.165) is 12.8 Å². The van der Waals surface area contributed by atoms with E-state index in [2.05, 4.69) is 178 Å². The van der Waals surface area contributed by atoms with Crippen LogP contribution in [-0.2, 0) is 39.0 Å². The van der Waals surface area contributed by atoms with Gasteiger partial charge in [-0.25, -0.2) is 0 Å². The van der Waals surface area contributed by atoms with Crippen molar-refractivity contribution in [3.63, 3.8) is 0 Å². The third-order valence-electron chi connectivity index (χ3n) is 7.49. The normalized spacial score (nSPS) is 10.4. The molecule has 0 aliphatic rings. The largest absolute Gasteiger partial charge is 2.00 e. The van der Waals surface area contributed by atoms with Crippen LogP contribution < -0.4 is 5.30 Å². The Bertz CT molecular complexity index is 1720.